The number of carboxylic acid groups (broad SMARTS) is 1. The lowest BCUT2D eigenvalue weighted by atomic mass is 10.2. The van der Waals surface area contributed by atoms with Gasteiger partial charge < -0.3 is 10.2 Å². The summed E-state index contributed by atoms with van der Waals surface area (Å²) in [7, 11) is 1.31. The van der Waals surface area contributed by atoms with E-state index in [9.17, 15) is 9.59 Å². The Bertz CT molecular complexity index is 500. The number of hydrogen-bond donors (Lipinski definition) is 2. The fourth-order valence-electron chi connectivity index (χ4n) is 1.33. The average molecular weight is 300 g/mol. The molecule has 7 heteroatoms. The highest BCUT2D eigenvalue weighted by Crippen LogP contribution is 2.11. The Hall–Kier alpha value is -1.89. The van der Waals surface area contributed by atoms with Crippen molar-refractivity contribution < 1.29 is 24.6 Å². The molecule has 0 heterocycles. The second kappa shape index (κ2) is 7.64. The number of halogens is 1. The van der Waals surface area contributed by atoms with Gasteiger partial charge in [0.25, 0.3) is 5.91 Å². The molecule has 0 spiro atoms. The van der Waals surface area contributed by atoms with E-state index in [4.69, 9.17) is 26.7 Å². The Morgan fingerprint density at radius 3 is 2.50 bits per heavy atom. The third-order valence-corrected chi connectivity index (χ3v) is 2.63. The number of hydroxylamine groups is 2. The zero-order valence-electron chi connectivity index (χ0n) is 10.7. The summed E-state index contributed by atoms with van der Waals surface area (Å²) in [5.41, 5.74) is 0.789. The van der Waals surface area contributed by atoms with Crippen molar-refractivity contribution in [1.29, 1.82) is 0 Å². The molecule has 1 atom stereocenters. The summed E-state index contributed by atoms with van der Waals surface area (Å²) in [5.74, 6) is -2.02. The number of nitrogens with zero attached hydrogens (tertiary/aromatic N) is 1. The molecule has 0 saturated heterocycles. The van der Waals surface area contributed by atoms with Gasteiger partial charge in [0.2, 0.25) is 0 Å². The lowest BCUT2D eigenvalue weighted by Gasteiger charge is -2.18. The van der Waals surface area contributed by atoms with Crippen LogP contribution in [0.3, 0.4) is 0 Å². The van der Waals surface area contributed by atoms with Crippen LogP contribution in [0.5, 0.6) is 0 Å². The summed E-state index contributed by atoms with van der Waals surface area (Å²) in [6.45, 7) is 0.167. The highest BCUT2D eigenvalue weighted by molar-refractivity contribution is 6.30. The molecule has 0 radical (unpaired) electrons. The Balaban J connectivity index is 2.68. The zero-order valence-corrected chi connectivity index (χ0v) is 11.4. The summed E-state index contributed by atoms with van der Waals surface area (Å²) in [4.78, 5) is 27.1. The first-order chi connectivity index (χ1) is 9.43. The van der Waals surface area contributed by atoms with Gasteiger partial charge in [-0.15, -0.1) is 0 Å². The number of benzene rings is 1. The minimum absolute atomic E-state index is 0.167. The Kier molecular flexibility index (Phi) is 6.17. The van der Waals surface area contributed by atoms with Gasteiger partial charge in [-0.3, -0.25) is 9.63 Å². The van der Waals surface area contributed by atoms with Crippen molar-refractivity contribution in [3.05, 3.63) is 47.0 Å². The van der Waals surface area contributed by atoms with Gasteiger partial charge in [-0.05, 0) is 23.8 Å². The number of aliphatic hydroxyl groups excluding tert-OH is 1. The van der Waals surface area contributed by atoms with Crippen molar-refractivity contribution in [1.82, 2.24) is 5.06 Å². The number of amides is 1. The second-order valence-electron chi connectivity index (χ2n) is 3.83. The Morgan fingerprint density at radius 2 is 2.00 bits per heavy atom. The van der Waals surface area contributed by atoms with Crippen LogP contribution < -0.4 is 0 Å². The maximum atomic E-state index is 11.8. The summed E-state index contributed by atoms with van der Waals surface area (Å²) in [6.07, 6.45) is 0.0877. The number of carbonyl (C=O) groups is 2. The quantitative estimate of drug-likeness (QED) is 0.609. The molecule has 0 bridgehead atoms. The number of carboxylic acids is 1. The van der Waals surface area contributed by atoms with Gasteiger partial charge in [0.1, 0.15) is 0 Å². The molecule has 0 saturated carbocycles. The first-order valence-electron chi connectivity index (χ1n) is 5.63. The van der Waals surface area contributed by atoms with Gasteiger partial charge in [-0.2, -0.15) is 0 Å². The molecule has 1 unspecified atom stereocenters. The van der Waals surface area contributed by atoms with E-state index >= 15 is 0 Å². The van der Waals surface area contributed by atoms with Crippen molar-refractivity contribution >= 4 is 23.5 Å². The van der Waals surface area contributed by atoms with Crippen LogP contribution in [0.2, 0.25) is 5.02 Å². The lowest BCUT2D eigenvalue weighted by molar-refractivity contribution is -0.173. The third kappa shape index (κ3) is 5.00. The first kappa shape index (κ1) is 16.2. The van der Waals surface area contributed by atoms with E-state index in [1.54, 1.807) is 24.3 Å². The van der Waals surface area contributed by atoms with Crippen LogP contribution in [-0.2, 0) is 21.0 Å². The van der Waals surface area contributed by atoms with Gasteiger partial charge in [0, 0.05) is 11.1 Å². The molecule has 1 amide bonds. The van der Waals surface area contributed by atoms with Crippen LogP contribution in [0, 0.1) is 0 Å². The molecule has 0 aromatic heterocycles. The predicted molar refractivity (Wildman–Crippen MR) is 71.8 cm³/mol. The predicted octanol–water partition coefficient (Wildman–Crippen LogP) is 1.23. The topological polar surface area (TPSA) is 87.1 Å². The van der Waals surface area contributed by atoms with Crippen LogP contribution in [-0.4, -0.2) is 40.4 Å². The molecular weight excluding hydrogens is 286 g/mol. The van der Waals surface area contributed by atoms with Crippen molar-refractivity contribution in [3.8, 4) is 0 Å². The standard InChI is InChI=1S/C13H14ClNO5/c1-20-15(8-9-2-4-10(14)5-3-9)12(17)7-6-11(16)13(18)19/h2-7,11,16H,8H2,1H3,(H,18,19). The molecule has 1 aromatic carbocycles. The Morgan fingerprint density at radius 1 is 1.40 bits per heavy atom. The summed E-state index contributed by atoms with van der Waals surface area (Å²) < 4.78 is 0. The van der Waals surface area contributed by atoms with E-state index in [0.717, 1.165) is 22.8 Å². The zero-order chi connectivity index (χ0) is 15.1. The molecule has 6 nitrogen and oxygen atoms in total. The van der Waals surface area contributed by atoms with Crippen LogP contribution >= 0.6 is 11.6 Å². The fourth-order valence-corrected chi connectivity index (χ4v) is 1.45. The molecule has 0 fully saturated rings. The molecule has 2 N–H and O–H groups in total. The van der Waals surface area contributed by atoms with Crippen molar-refractivity contribution in [3.63, 3.8) is 0 Å². The molecule has 20 heavy (non-hydrogen) atoms. The van der Waals surface area contributed by atoms with E-state index in [2.05, 4.69) is 0 Å². The van der Waals surface area contributed by atoms with Crippen molar-refractivity contribution in [2.75, 3.05) is 7.11 Å². The van der Waals surface area contributed by atoms with Crippen molar-refractivity contribution in [2.24, 2.45) is 0 Å². The highest BCUT2D eigenvalue weighted by atomic mass is 35.5. The fraction of sp³-hybridized carbons (Fsp3) is 0.231. The third-order valence-electron chi connectivity index (χ3n) is 2.38. The maximum absolute atomic E-state index is 11.8. The Labute approximate surface area is 120 Å². The van der Waals surface area contributed by atoms with E-state index in [-0.39, 0.29) is 6.54 Å². The largest absolute Gasteiger partial charge is 0.479 e. The maximum Gasteiger partial charge on any atom is 0.336 e. The number of aliphatic hydroxyl groups is 1. The number of hydrogen-bond acceptors (Lipinski definition) is 4. The number of aliphatic carboxylic acids is 1. The highest BCUT2D eigenvalue weighted by Gasteiger charge is 2.13. The first-order valence-corrected chi connectivity index (χ1v) is 6.01. The normalized spacial score (nSPS) is 12.3. The summed E-state index contributed by atoms with van der Waals surface area (Å²) >= 11 is 5.75. The van der Waals surface area contributed by atoms with E-state index in [0.29, 0.717) is 5.02 Å². The average Bonchev–Trinajstić information content (AvgIpc) is 2.43. The molecule has 108 valence electrons. The summed E-state index contributed by atoms with van der Waals surface area (Å²) in [5, 5.41) is 19.1. The molecule has 0 aliphatic carbocycles. The van der Waals surface area contributed by atoms with Gasteiger partial charge in [-0.25, -0.2) is 9.86 Å². The molecule has 1 aromatic rings. The lowest BCUT2D eigenvalue weighted by Crippen LogP contribution is -2.28. The van der Waals surface area contributed by atoms with Crippen LogP contribution in [0.1, 0.15) is 5.56 Å². The van der Waals surface area contributed by atoms with Crippen molar-refractivity contribution in [2.45, 2.75) is 12.6 Å². The number of carbonyl (C=O) groups excluding carboxylic acids is 1. The molecule has 1 rings (SSSR count). The number of rotatable bonds is 6. The SMILES string of the molecule is CON(Cc1ccc(Cl)cc1)C(=O)C=CC(O)C(=O)O. The van der Waals surface area contributed by atoms with Crippen LogP contribution in [0.4, 0.5) is 0 Å². The minimum atomic E-state index is -1.73. The van der Waals surface area contributed by atoms with Gasteiger partial charge in [0.15, 0.2) is 6.10 Å². The molecule has 0 aliphatic rings. The van der Waals surface area contributed by atoms with E-state index < -0.39 is 18.0 Å². The monoisotopic (exact) mass is 299 g/mol. The van der Waals surface area contributed by atoms with Crippen LogP contribution in [0.25, 0.3) is 0 Å². The second-order valence-corrected chi connectivity index (χ2v) is 4.26. The van der Waals surface area contributed by atoms with Gasteiger partial charge >= 0.3 is 5.97 Å². The molecule has 0 aliphatic heterocycles. The summed E-state index contributed by atoms with van der Waals surface area (Å²) in [6, 6.07) is 6.83. The smallest absolute Gasteiger partial charge is 0.336 e. The van der Waals surface area contributed by atoms with E-state index in [1.807, 2.05) is 0 Å². The minimum Gasteiger partial charge on any atom is -0.479 e. The van der Waals surface area contributed by atoms with Gasteiger partial charge in [0.05, 0.1) is 13.7 Å². The van der Waals surface area contributed by atoms with E-state index in [1.165, 1.54) is 7.11 Å². The van der Waals surface area contributed by atoms with Gasteiger partial charge in [-0.1, -0.05) is 23.7 Å². The van der Waals surface area contributed by atoms with Crippen LogP contribution in [0.15, 0.2) is 36.4 Å². The molecular formula is C13H14ClNO5.